The van der Waals surface area contributed by atoms with Crippen molar-refractivity contribution in [2.75, 3.05) is 0 Å². The zero-order valence-electron chi connectivity index (χ0n) is 24.0. The molecule has 46 heavy (non-hydrogen) atoms. The van der Waals surface area contributed by atoms with Crippen molar-refractivity contribution in [3.8, 4) is 5.69 Å². The summed E-state index contributed by atoms with van der Waals surface area (Å²) in [6, 6.07) is 45.4. The summed E-state index contributed by atoms with van der Waals surface area (Å²) in [6.07, 6.45) is 0. The van der Waals surface area contributed by atoms with Crippen LogP contribution in [-0.4, -0.2) is 11.3 Å². The molecule has 0 fully saturated rings. The summed E-state index contributed by atoms with van der Waals surface area (Å²) in [6.45, 7) is -0.593. The first kappa shape index (κ1) is 28.4. The van der Waals surface area contributed by atoms with Gasteiger partial charge in [0.05, 0.1) is 0 Å². The molecule has 6 aromatic carbocycles. The normalized spacial score (nSPS) is 15.0. The molecule has 2 aliphatic rings. The Hall–Kier alpha value is -3.84. The molecule has 1 aromatic heterocycles. The van der Waals surface area contributed by atoms with Gasteiger partial charge in [-0.05, 0) is 0 Å². The Morgan fingerprint density at radius 1 is 0.609 bits per heavy atom. The van der Waals surface area contributed by atoms with Crippen LogP contribution < -0.4 is 16.4 Å². The summed E-state index contributed by atoms with van der Waals surface area (Å²) in [5.74, 6) is 0. The van der Waals surface area contributed by atoms with Crippen molar-refractivity contribution in [3.63, 3.8) is 0 Å². The van der Waals surface area contributed by atoms with E-state index in [1.165, 1.54) is 6.07 Å². The van der Waals surface area contributed by atoms with Gasteiger partial charge in [-0.2, -0.15) is 0 Å². The van der Waals surface area contributed by atoms with E-state index in [1.807, 2.05) is 91.0 Å². The SMILES string of the molecule is FI(F)N=I(F)(F)c1cccc2c1B1c3c(cccc3C2(c2ccccc2)c2ccccc2)-n2c3ccccc3c3cccc1c32. The standard InChI is InChI=1S/C37H23BF4I2N2/c39-43(40)45-44(41,42)31-21-10-18-28-34(31)38-30-20-9-17-27-26-16-7-8-22-32(26)46(36(27)30)33-23-11-19-29(35(33)38)37(28,24-12-3-1-4-13-24)25-14-5-2-6-15-25/h1-23H. The first-order valence-electron chi connectivity index (χ1n) is 14.8. The van der Waals surface area contributed by atoms with Crippen molar-refractivity contribution in [3.05, 3.63) is 165 Å². The Labute approximate surface area is 277 Å². The van der Waals surface area contributed by atoms with E-state index < -0.39 is 52.8 Å². The molecule has 0 spiro atoms. The molecule has 0 saturated carbocycles. The molecule has 0 N–H and O–H groups in total. The van der Waals surface area contributed by atoms with Gasteiger partial charge in [0.15, 0.2) is 0 Å². The van der Waals surface area contributed by atoms with Gasteiger partial charge < -0.3 is 0 Å². The number of hydrogen-bond donors (Lipinski definition) is 0. The Bertz CT molecular complexity index is 2370. The molecule has 0 saturated heterocycles. The van der Waals surface area contributed by atoms with Crippen molar-refractivity contribution in [2.45, 2.75) is 5.41 Å². The van der Waals surface area contributed by atoms with E-state index >= 15 is 5.72 Å². The van der Waals surface area contributed by atoms with Crippen molar-refractivity contribution >= 4 is 85.6 Å². The van der Waals surface area contributed by atoms with E-state index in [0.717, 1.165) is 55.1 Å². The van der Waals surface area contributed by atoms with Crippen molar-refractivity contribution < 1.29 is 11.4 Å². The molecule has 226 valence electrons. The molecule has 0 bridgehead atoms. The van der Waals surface area contributed by atoms with Crippen LogP contribution in [0.4, 0.5) is 11.4 Å². The number of halogens is 6. The minimum absolute atomic E-state index is 0.287. The van der Waals surface area contributed by atoms with Crippen molar-refractivity contribution in [1.29, 1.82) is 0 Å². The average molecular weight is 836 g/mol. The van der Waals surface area contributed by atoms with E-state index in [1.54, 1.807) is 6.07 Å². The van der Waals surface area contributed by atoms with Gasteiger partial charge in [0.2, 0.25) is 0 Å². The zero-order valence-corrected chi connectivity index (χ0v) is 28.3. The molecule has 2 aliphatic heterocycles. The summed E-state index contributed by atoms with van der Waals surface area (Å²) in [5.41, 5.74) is 7.67. The van der Waals surface area contributed by atoms with Gasteiger partial charge in [-0.25, -0.2) is 0 Å². The molecule has 0 unspecified atom stereocenters. The molecule has 0 aliphatic carbocycles. The summed E-state index contributed by atoms with van der Waals surface area (Å²) < 4.78 is 65.5. The van der Waals surface area contributed by atoms with Crippen molar-refractivity contribution in [1.82, 2.24) is 4.57 Å². The number of aromatic nitrogens is 1. The third-order valence-electron chi connectivity index (χ3n) is 9.59. The third-order valence-corrected chi connectivity index (χ3v) is 17.6. The predicted octanol–water partition coefficient (Wildman–Crippen LogP) is 9.66. The number of benzene rings is 6. The minimum atomic E-state index is -6.48. The molecule has 2 nitrogen and oxygen atoms in total. The van der Waals surface area contributed by atoms with Gasteiger partial charge in [-0.15, -0.1) is 0 Å². The molecule has 0 atom stereocenters. The van der Waals surface area contributed by atoms with Gasteiger partial charge in [-0.1, -0.05) is 0 Å². The predicted molar refractivity (Wildman–Crippen MR) is 197 cm³/mol. The molecular weight excluding hydrogens is 813 g/mol. The molecule has 0 amide bonds. The van der Waals surface area contributed by atoms with Gasteiger partial charge in [-0.3, -0.25) is 0 Å². The van der Waals surface area contributed by atoms with Crippen LogP contribution >= 0.6 is 40.6 Å². The molecular formula is C37H23BF4I2N2. The van der Waals surface area contributed by atoms with E-state index in [2.05, 4.69) is 42.3 Å². The number of para-hydroxylation sites is 2. The van der Waals surface area contributed by atoms with E-state index in [0.29, 0.717) is 11.0 Å². The van der Waals surface area contributed by atoms with Crippen LogP contribution in [0.25, 0.3) is 27.5 Å². The summed E-state index contributed by atoms with van der Waals surface area (Å²) in [4.78, 5) is 0. The van der Waals surface area contributed by atoms with Crippen LogP contribution in [0.15, 0.2) is 141 Å². The second-order valence-corrected chi connectivity index (χ2v) is 19.0. The first-order valence-corrected chi connectivity index (χ1v) is 21.0. The van der Waals surface area contributed by atoms with Crippen LogP contribution in [0, 0.1) is 3.57 Å². The maximum atomic E-state index is 16.4. The number of rotatable bonds is 4. The molecule has 0 radical (unpaired) electrons. The van der Waals surface area contributed by atoms with Gasteiger partial charge in [0.25, 0.3) is 0 Å². The first-order chi connectivity index (χ1) is 22.4. The quantitative estimate of drug-likeness (QED) is 0.0956. The van der Waals surface area contributed by atoms with Crippen LogP contribution in [0.1, 0.15) is 22.3 Å². The second kappa shape index (κ2) is 10.3. The van der Waals surface area contributed by atoms with Gasteiger partial charge in [0.1, 0.15) is 0 Å². The Balaban J connectivity index is 1.56. The van der Waals surface area contributed by atoms with Crippen molar-refractivity contribution in [2.24, 2.45) is 1.36 Å². The topological polar surface area (TPSA) is 17.3 Å². The van der Waals surface area contributed by atoms with Crippen LogP contribution in [0.2, 0.25) is 0 Å². The summed E-state index contributed by atoms with van der Waals surface area (Å²) in [7, 11) is 0. The van der Waals surface area contributed by atoms with E-state index in [-0.39, 0.29) is 3.57 Å². The fourth-order valence-electron chi connectivity index (χ4n) is 8.12. The fourth-order valence-corrected chi connectivity index (χ4v) is 14.2. The van der Waals surface area contributed by atoms with Crippen LogP contribution in [0.3, 0.4) is 0 Å². The summed E-state index contributed by atoms with van der Waals surface area (Å²) in [5, 5.41) is 2.10. The fraction of sp³-hybridized carbons (Fsp3) is 0.0270. The molecule has 9 rings (SSSR count). The third kappa shape index (κ3) is 3.75. The Morgan fingerprint density at radius 2 is 1.20 bits per heavy atom. The second-order valence-electron chi connectivity index (χ2n) is 11.6. The monoisotopic (exact) mass is 836 g/mol. The molecule has 7 aromatic rings. The number of hydrogen-bond acceptors (Lipinski definition) is 1. The number of nitrogens with zero attached hydrogens (tertiary/aromatic N) is 2. The van der Waals surface area contributed by atoms with Crippen LogP contribution in [0.5, 0.6) is 0 Å². The molecule has 3 heterocycles. The molecule has 9 heteroatoms. The van der Waals surface area contributed by atoms with E-state index in [9.17, 15) is 5.72 Å². The van der Waals surface area contributed by atoms with Gasteiger partial charge in [0, 0.05) is 0 Å². The maximum absolute atomic E-state index is 16.4. The van der Waals surface area contributed by atoms with Gasteiger partial charge >= 0.3 is 279 Å². The Kier molecular flexibility index (Phi) is 6.38. The Morgan fingerprint density at radius 3 is 1.89 bits per heavy atom. The van der Waals surface area contributed by atoms with Crippen LogP contribution in [-0.2, 0) is 5.41 Å². The zero-order chi connectivity index (χ0) is 31.2. The number of fused-ring (bicyclic) bond motifs is 7. The van der Waals surface area contributed by atoms with E-state index in [4.69, 9.17) is 0 Å². The average Bonchev–Trinajstić information content (AvgIpc) is 3.42. The summed E-state index contributed by atoms with van der Waals surface area (Å²) >= 11 is -11.6.